The minimum absolute atomic E-state index is 0.239. The number of urea groups is 1. The van der Waals surface area contributed by atoms with Crippen LogP contribution in [0.2, 0.25) is 0 Å². The van der Waals surface area contributed by atoms with E-state index >= 15 is 0 Å². The largest absolute Gasteiger partial charge is 0.322 e. The second-order valence-electron chi connectivity index (χ2n) is 6.38. The summed E-state index contributed by atoms with van der Waals surface area (Å²) in [7, 11) is 0. The SMILES string of the molecule is CC(C)c1nnc(NC(=O)[C@H]2CCCN2C(=O)Nc2ccc(F)cc2)s1. The van der Waals surface area contributed by atoms with Gasteiger partial charge in [0, 0.05) is 18.2 Å². The summed E-state index contributed by atoms with van der Waals surface area (Å²) in [5.74, 6) is -0.412. The number of carbonyl (C=O) groups is 2. The second-order valence-corrected chi connectivity index (χ2v) is 7.39. The smallest absolute Gasteiger partial charge is 0.312 e. The van der Waals surface area contributed by atoms with E-state index in [0.29, 0.717) is 23.8 Å². The van der Waals surface area contributed by atoms with E-state index < -0.39 is 6.04 Å². The van der Waals surface area contributed by atoms with Gasteiger partial charge in [-0.1, -0.05) is 25.2 Å². The van der Waals surface area contributed by atoms with Crippen LogP contribution in [0.4, 0.5) is 20.0 Å². The third-order valence-electron chi connectivity index (χ3n) is 4.08. The van der Waals surface area contributed by atoms with E-state index in [0.717, 1.165) is 11.4 Å². The van der Waals surface area contributed by atoms with Crippen LogP contribution in [0.1, 0.15) is 37.6 Å². The molecular weight excluding hydrogens is 357 g/mol. The molecule has 3 amide bonds. The van der Waals surface area contributed by atoms with E-state index in [1.807, 2.05) is 13.8 Å². The van der Waals surface area contributed by atoms with E-state index in [4.69, 9.17) is 0 Å². The molecule has 1 aliphatic rings. The van der Waals surface area contributed by atoms with Crippen LogP contribution in [0.25, 0.3) is 0 Å². The van der Waals surface area contributed by atoms with Gasteiger partial charge in [-0.25, -0.2) is 9.18 Å². The summed E-state index contributed by atoms with van der Waals surface area (Å²) in [5.41, 5.74) is 0.480. The number of hydrogen-bond donors (Lipinski definition) is 2. The number of likely N-dealkylation sites (tertiary alicyclic amines) is 1. The van der Waals surface area contributed by atoms with Gasteiger partial charge in [-0.15, -0.1) is 10.2 Å². The van der Waals surface area contributed by atoms with Gasteiger partial charge in [0.2, 0.25) is 11.0 Å². The average molecular weight is 377 g/mol. The summed E-state index contributed by atoms with van der Waals surface area (Å²) >= 11 is 1.33. The van der Waals surface area contributed by atoms with Gasteiger partial charge in [0.05, 0.1) is 0 Å². The number of nitrogens with one attached hydrogen (secondary N) is 2. The van der Waals surface area contributed by atoms with Crippen molar-refractivity contribution in [2.24, 2.45) is 0 Å². The number of amides is 3. The molecule has 1 saturated heterocycles. The van der Waals surface area contributed by atoms with Crippen LogP contribution >= 0.6 is 11.3 Å². The Kier molecular flexibility index (Phi) is 5.46. The van der Waals surface area contributed by atoms with Crippen LogP contribution < -0.4 is 10.6 Å². The summed E-state index contributed by atoms with van der Waals surface area (Å²) in [6.07, 6.45) is 1.32. The normalized spacial score (nSPS) is 16.8. The van der Waals surface area contributed by atoms with Gasteiger partial charge < -0.3 is 10.2 Å². The molecule has 3 rings (SSSR count). The molecule has 2 N–H and O–H groups in total. The van der Waals surface area contributed by atoms with E-state index in [2.05, 4.69) is 20.8 Å². The number of hydrogen-bond acceptors (Lipinski definition) is 5. The third kappa shape index (κ3) is 4.16. The Morgan fingerprint density at radius 2 is 1.96 bits per heavy atom. The van der Waals surface area contributed by atoms with Crippen molar-refractivity contribution in [3.05, 3.63) is 35.1 Å². The number of nitrogens with zero attached hydrogens (tertiary/aromatic N) is 3. The number of halogens is 1. The molecule has 9 heteroatoms. The van der Waals surface area contributed by atoms with E-state index in [9.17, 15) is 14.0 Å². The van der Waals surface area contributed by atoms with E-state index in [1.54, 1.807) is 0 Å². The molecule has 1 fully saturated rings. The maximum absolute atomic E-state index is 13.0. The van der Waals surface area contributed by atoms with Crippen LogP contribution in [0.15, 0.2) is 24.3 Å². The molecule has 0 saturated carbocycles. The lowest BCUT2D eigenvalue weighted by Gasteiger charge is -2.23. The molecule has 2 heterocycles. The number of benzene rings is 1. The van der Waals surface area contributed by atoms with Crippen LogP contribution in [-0.2, 0) is 4.79 Å². The first-order valence-corrected chi connectivity index (χ1v) is 9.23. The molecule has 26 heavy (non-hydrogen) atoms. The highest BCUT2D eigenvalue weighted by atomic mass is 32.1. The Hall–Kier alpha value is -2.55. The van der Waals surface area contributed by atoms with Crippen molar-refractivity contribution in [3.8, 4) is 0 Å². The van der Waals surface area contributed by atoms with Gasteiger partial charge in [-0.05, 0) is 37.1 Å². The molecule has 0 spiro atoms. The molecular formula is C17H20FN5O2S. The van der Waals surface area contributed by atoms with Crippen molar-refractivity contribution in [2.45, 2.75) is 38.6 Å². The van der Waals surface area contributed by atoms with Crippen LogP contribution in [0.3, 0.4) is 0 Å². The monoisotopic (exact) mass is 377 g/mol. The Bertz CT molecular complexity index is 793. The molecule has 138 valence electrons. The first-order valence-electron chi connectivity index (χ1n) is 8.41. The van der Waals surface area contributed by atoms with Crippen LogP contribution in [0.5, 0.6) is 0 Å². The predicted octanol–water partition coefficient (Wildman–Crippen LogP) is 3.44. The van der Waals surface area contributed by atoms with E-state index in [-0.39, 0.29) is 23.7 Å². The van der Waals surface area contributed by atoms with Gasteiger partial charge in [-0.3, -0.25) is 10.1 Å². The third-order valence-corrected chi connectivity index (χ3v) is 5.22. The fourth-order valence-corrected chi connectivity index (χ4v) is 3.47. The van der Waals surface area contributed by atoms with Crippen molar-refractivity contribution in [1.29, 1.82) is 0 Å². The molecule has 1 aliphatic heterocycles. The van der Waals surface area contributed by atoms with Crippen molar-refractivity contribution < 1.29 is 14.0 Å². The molecule has 0 bridgehead atoms. The van der Waals surface area contributed by atoms with E-state index in [1.165, 1.54) is 40.5 Å². The number of anilines is 2. The Labute approximate surface area is 154 Å². The predicted molar refractivity (Wildman–Crippen MR) is 97.8 cm³/mol. The Morgan fingerprint density at radius 1 is 1.23 bits per heavy atom. The van der Waals surface area contributed by atoms with Crippen LogP contribution in [-0.4, -0.2) is 39.6 Å². The summed E-state index contributed by atoms with van der Waals surface area (Å²) < 4.78 is 13.0. The van der Waals surface area contributed by atoms with Gasteiger partial charge in [0.25, 0.3) is 0 Å². The molecule has 1 aromatic carbocycles. The lowest BCUT2D eigenvalue weighted by atomic mass is 10.2. The van der Waals surface area contributed by atoms with Crippen molar-refractivity contribution in [3.63, 3.8) is 0 Å². The molecule has 0 radical (unpaired) electrons. The summed E-state index contributed by atoms with van der Waals surface area (Å²) in [4.78, 5) is 26.5. The van der Waals surface area contributed by atoms with Crippen molar-refractivity contribution in [2.75, 3.05) is 17.2 Å². The lowest BCUT2D eigenvalue weighted by Crippen LogP contribution is -2.45. The van der Waals surface area contributed by atoms with Crippen molar-refractivity contribution >= 4 is 34.1 Å². The Morgan fingerprint density at radius 3 is 2.62 bits per heavy atom. The topological polar surface area (TPSA) is 87.2 Å². The zero-order valence-corrected chi connectivity index (χ0v) is 15.3. The minimum Gasteiger partial charge on any atom is -0.312 e. The van der Waals surface area contributed by atoms with Gasteiger partial charge in [0.1, 0.15) is 16.9 Å². The highest BCUT2D eigenvalue weighted by Crippen LogP contribution is 2.25. The molecule has 2 aromatic rings. The standard InChI is InChI=1S/C17H20FN5O2S/c1-10(2)15-21-22-16(26-15)20-14(24)13-4-3-9-23(13)17(25)19-12-7-5-11(18)6-8-12/h5-8,10,13H,3-4,9H2,1-2H3,(H,19,25)(H,20,22,24)/t13-/m1/s1. The summed E-state index contributed by atoms with van der Waals surface area (Å²) in [6.45, 7) is 4.49. The molecule has 7 nitrogen and oxygen atoms in total. The lowest BCUT2D eigenvalue weighted by molar-refractivity contribution is -0.119. The summed E-state index contributed by atoms with van der Waals surface area (Å²) in [6, 6.07) is 4.55. The summed E-state index contributed by atoms with van der Waals surface area (Å²) in [5, 5.41) is 14.7. The highest BCUT2D eigenvalue weighted by Gasteiger charge is 2.34. The fourth-order valence-electron chi connectivity index (χ4n) is 2.72. The molecule has 1 aromatic heterocycles. The maximum atomic E-state index is 13.0. The van der Waals surface area contributed by atoms with Crippen molar-refractivity contribution in [1.82, 2.24) is 15.1 Å². The maximum Gasteiger partial charge on any atom is 0.322 e. The minimum atomic E-state index is -0.568. The fraction of sp³-hybridized carbons (Fsp3) is 0.412. The van der Waals surface area contributed by atoms with Gasteiger partial charge >= 0.3 is 6.03 Å². The molecule has 0 aliphatic carbocycles. The quantitative estimate of drug-likeness (QED) is 0.854. The first kappa shape index (κ1) is 18.2. The molecule has 1 atom stereocenters. The van der Waals surface area contributed by atoms with Gasteiger partial charge in [0.15, 0.2) is 0 Å². The second kappa shape index (κ2) is 7.77. The zero-order valence-electron chi connectivity index (χ0n) is 14.5. The first-order chi connectivity index (χ1) is 12.4. The highest BCUT2D eigenvalue weighted by molar-refractivity contribution is 7.15. The molecule has 0 unspecified atom stereocenters. The number of carbonyl (C=O) groups excluding carboxylic acids is 2. The zero-order chi connectivity index (χ0) is 18.7. The average Bonchev–Trinajstić information content (AvgIpc) is 3.26. The van der Waals surface area contributed by atoms with Gasteiger partial charge in [-0.2, -0.15) is 0 Å². The number of aromatic nitrogens is 2. The Balaban J connectivity index is 1.63. The van der Waals surface area contributed by atoms with Crippen LogP contribution in [0, 0.1) is 5.82 Å². The number of rotatable bonds is 4.